The first-order valence-electron chi connectivity index (χ1n) is 6.71. The summed E-state index contributed by atoms with van der Waals surface area (Å²) in [6.45, 7) is 2.70. The fourth-order valence-corrected chi connectivity index (χ4v) is 2.66. The molecule has 5 nitrogen and oxygen atoms in total. The van der Waals surface area contributed by atoms with Crippen LogP contribution in [-0.2, 0) is 6.54 Å². The zero-order chi connectivity index (χ0) is 13.2. The van der Waals surface area contributed by atoms with Crippen LogP contribution in [0.5, 0.6) is 0 Å². The van der Waals surface area contributed by atoms with Gasteiger partial charge in [-0.3, -0.25) is 4.90 Å². The number of nitrogen functional groups attached to an aromatic ring is 1. The first kappa shape index (κ1) is 15.0. The van der Waals surface area contributed by atoms with E-state index in [0.717, 1.165) is 49.2 Å². The van der Waals surface area contributed by atoms with E-state index in [1.807, 2.05) is 24.3 Å². The van der Waals surface area contributed by atoms with Gasteiger partial charge in [0.1, 0.15) is 11.6 Å². The molecule has 1 unspecified atom stereocenters. The van der Waals surface area contributed by atoms with Crippen molar-refractivity contribution in [2.24, 2.45) is 5.73 Å². The number of likely N-dealkylation sites (tertiary alicyclic amines) is 1. The Bertz CT molecular complexity index is 589. The molecule has 0 spiro atoms. The van der Waals surface area contributed by atoms with E-state index in [0.29, 0.717) is 5.82 Å². The number of aromatic nitrogens is 2. The molecule has 3 rings (SSSR count). The third-order valence-corrected chi connectivity index (χ3v) is 3.59. The fraction of sp³-hybridized carbons (Fsp3) is 0.429. The quantitative estimate of drug-likeness (QED) is 0.878. The molecule has 6 heteroatoms. The van der Waals surface area contributed by atoms with Crippen molar-refractivity contribution >= 4 is 29.1 Å². The molecule has 0 radical (unpaired) electrons. The van der Waals surface area contributed by atoms with Crippen molar-refractivity contribution in [1.29, 1.82) is 0 Å². The Hall–Kier alpha value is -1.43. The van der Waals surface area contributed by atoms with Gasteiger partial charge in [0.2, 0.25) is 0 Å². The van der Waals surface area contributed by atoms with E-state index in [2.05, 4.69) is 14.9 Å². The van der Waals surface area contributed by atoms with Crippen LogP contribution in [0.25, 0.3) is 10.9 Å². The average molecular weight is 294 g/mol. The van der Waals surface area contributed by atoms with Crippen molar-refractivity contribution in [3.8, 4) is 0 Å². The van der Waals surface area contributed by atoms with E-state index < -0.39 is 0 Å². The van der Waals surface area contributed by atoms with Gasteiger partial charge in [0.15, 0.2) is 0 Å². The molecule has 0 amide bonds. The summed E-state index contributed by atoms with van der Waals surface area (Å²) >= 11 is 0. The summed E-state index contributed by atoms with van der Waals surface area (Å²) in [5.74, 6) is 1.34. The van der Waals surface area contributed by atoms with Crippen LogP contribution in [0.3, 0.4) is 0 Å². The molecule has 1 aliphatic heterocycles. The topological polar surface area (TPSA) is 81.1 Å². The second-order valence-corrected chi connectivity index (χ2v) is 5.18. The fourth-order valence-electron chi connectivity index (χ4n) is 2.66. The first-order valence-corrected chi connectivity index (χ1v) is 6.71. The van der Waals surface area contributed by atoms with Gasteiger partial charge in [0, 0.05) is 18.0 Å². The highest BCUT2D eigenvalue weighted by atomic mass is 35.5. The molecule has 2 aromatic rings. The van der Waals surface area contributed by atoms with Crippen LogP contribution in [0.1, 0.15) is 18.7 Å². The molecule has 20 heavy (non-hydrogen) atoms. The number of nitrogens with zero attached hydrogens (tertiary/aromatic N) is 3. The van der Waals surface area contributed by atoms with Crippen LogP contribution in [0.15, 0.2) is 24.3 Å². The molecule has 1 aromatic heterocycles. The van der Waals surface area contributed by atoms with Crippen molar-refractivity contribution in [2.75, 3.05) is 18.8 Å². The molecule has 1 aromatic carbocycles. The zero-order valence-corrected chi connectivity index (χ0v) is 12.1. The molecule has 1 saturated heterocycles. The molecule has 4 N–H and O–H groups in total. The number of rotatable bonds is 2. The number of anilines is 1. The monoisotopic (exact) mass is 293 g/mol. The average Bonchev–Trinajstić information content (AvgIpc) is 2.39. The lowest BCUT2D eigenvalue weighted by atomic mass is 10.1. The predicted octanol–water partition coefficient (Wildman–Crippen LogP) is 1.56. The minimum atomic E-state index is 0. The number of piperidine rings is 1. The van der Waals surface area contributed by atoms with E-state index >= 15 is 0 Å². The lowest BCUT2D eigenvalue weighted by Crippen LogP contribution is -2.42. The molecule has 1 fully saturated rings. The number of fused-ring (bicyclic) bond motifs is 1. The van der Waals surface area contributed by atoms with E-state index in [1.54, 1.807) is 0 Å². The molecule has 0 aliphatic carbocycles. The normalized spacial score (nSPS) is 19.8. The Morgan fingerprint density at radius 1 is 1.25 bits per heavy atom. The van der Waals surface area contributed by atoms with Gasteiger partial charge >= 0.3 is 0 Å². The summed E-state index contributed by atoms with van der Waals surface area (Å²) in [4.78, 5) is 11.3. The molecule has 1 aliphatic rings. The Labute approximate surface area is 124 Å². The van der Waals surface area contributed by atoms with Crippen molar-refractivity contribution in [2.45, 2.75) is 25.4 Å². The van der Waals surface area contributed by atoms with Gasteiger partial charge in [-0.25, -0.2) is 9.97 Å². The molecular weight excluding hydrogens is 274 g/mol. The van der Waals surface area contributed by atoms with Gasteiger partial charge in [0.25, 0.3) is 0 Å². The van der Waals surface area contributed by atoms with Crippen LogP contribution in [0, 0.1) is 0 Å². The van der Waals surface area contributed by atoms with Crippen LogP contribution in [0.4, 0.5) is 5.82 Å². The first-order chi connectivity index (χ1) is 9.22. The van der Waals surface area contributed by atoms with Crippen LogP contribution in [-0.4, -0.2) is 34.0 Å². The summed E-state index contributed by atoms with van der Waals surface area (Å²) in [6.07, 6.45) is 2.25. The third-order valence-electron chi connectivity index (χ3n) is 3.59. The summed E-state index contributed by atoms with van der Waals surface area (Å²) in [5.41, 5.74) is 12.9. The number of hydrogen-bond acceptors (Lipinski definition) is 5. The second kappa shape index (κ2) is 6.35. The van der Waals surface area contributed by atoms with E-state index in [9.17, 15) is 0 Å². The smallest absolute Gasteiger partial charge is 0.145 e. The van der Waals surface area contributed by atoms with Crippen molar-refractivity contribution in [1.82, 2.24) is 14.9 Å². The number of halogens is 1. The number of para-hydroxylation sites is 1. The molecular formula is C14H20ClN5. The highest BCUT2D eigenvalue weighted by molar-refractivity contribution is 5.87. The van der Waals surface area contributed by atoms with E-state index in [4.69, 9.17) is 11.5 Å². The van der Waals surface area contributed by atoms with E-state index in [1.165, 1.54) is 0 Å². The molecule has 2 heterocycles. The van der Waals surface area contributed by atoms with Gasteiger partial charge in [-0.05, 0) is 31.5 Å². The summed E-state index contributed by atoms with van der Waals surface area (Å²) in [5, 5.41) is 0.918. The lowest BCUT2D eigenvalue weighted by Gasteiger charge is -2.30. The lowest BCUT2D eigenvalue weighted by molar-refractivity contribution is 0.197. The Morgan fingerprint density at radius 3 is 2.85 bits per heavy atom. The van der Waals surface area contributed by atoms with Gasteiger partial charge in [-0.15, -0.1) is 12.4 Å². The number of hydrogen-bond donors (Lipinski definition) is 2. The summed E-state index contributed by atoms with van der Waals surface area (Å²) in [7, 11) is 0. The minimum absolute atomic E-state index is 0. The predicted molar refractivity (Wildman–Crippen MR) is 83.7 cm³/mol. The maximum Gasteiger partial charge on any atom is 0.145 e. The Balaban J connectivity index is 0.00000147. The largest absolute Gasteiger partial charge is 0.383 e. The second-order valence-electron chi connectivity index (χ2n) is 5.18. The molecule has 0 saturated carbocycles. The van der Waals surface area contributed by atoms with Crippen LogP contribution < -0.4 is 11.5 Å². The SMILES string of the molecule is Cl.Nc1nc(CN2CCCC(N)C2)nc2ccccc12. The van der Waals surface area contributed by atoms with Crippen molar-refractivity contribution in [3.05, 3.63) is 30.1 Å². The van der Waals surface area contributed by atoms with E-state index in [-0.39, 0.29) is 18.4 Å². The van der Waals surface area contributed by atoms with Crippen molar-refractivity contribution in [3.63, 3.8) is 0 Å². The van der Waals surface area contributed by atoms with Crippen LogP contribution in [0.2, 0.25) is 0 Å². The molecule has 108 valence electrons. The maximum absolute atomic E-state index is 6.00. The number of benzene rings is 1. The highest BCUT2D eigenvalue weighted by Gasteiger charge is 2.18. The Morgan fingerprint density at radius 2 is 2.05 bits per heavy atom. The summed E-state index contributed by atoms with van der Waals surface area (Å²) in [6, 6.07) is 8.11. The van der Waals surface area contributed by atoms with Crippen molar-refractivity contribution < 1.29 is 0 Å². The molecule has 0 bridgehead atoms. The van der Waals surface area contributed by atoms with Gasteiger partial charge in [-0.1, -0.05) is 12.1 Å². The summed E-state index contributed by atoms with van der Waals surface area (Å²) < 4.78 is 0. The van der Waals surface area contributed by atoms with Gasteiger partial charge < -0.3 is 11.5 Å². The molecule has 1 atom stereocenters. The highest BCUT2D eigenvalue weighted by Crippen LogP contribution is 2.18. The zero-order valence-electron chi connectivity index (χ0n) is 11.3. The van der Waals surface area contributed by atoms with Gasteiger partial charge in [0.05, 0.1) is 12.1 Å². The standard InChI is InChI=1S/C14H19N5.ClH/c15-10-4-3-7-19(8-10)9-13-17-12-6-2-1-5-11(12)14(16)18-13;/h1-2,5-6,10H,3-4,7-9,15H2,(H2,16,17,18);1H. The minimum Gasteiger partial charge on any atom is -0.383 e. The maximum atomic E-state index is 6.00. The Kier molecular flexibility index (Phi) is 4.75. The number of nitrogens with two attached hydrogens (primary N) is 2. The van der Waals surface area contributed by atoms with Gasteiger partial charge in [-0.2, -0.15) is 0 Å². The third kappa shape index (κ3) is 3.17. The van der Waals surface area contributed by atoms with Crippen LogP contribution >= 0.6 is 12.4 Å².